The number of hydrazine groups is 1. The monoisotopic (exact) mass is 435 g/mol. The number of benzene rings is 3. The lowest BCUT2D eigenvalue weighted by Gasteiger charge is -2.38. The number of likely N-dealkylation sites (tertiary alicyclic amines) is 1. The molecule has 0 saturated carbocycles. The van der Waals surface area contributed by atoms with Crippen LogP contribution in [0.3, 0.4) is 0 Å². The summed E-state index contributed by atoms with van der Waals surface area (Å²) in [5.41, 5.74) is 5.31. The highest BCUT2D eigenvalue weighted by Crippen LogP contribution is 2.25. The van der Waals surface area contributed by atoms with Crippen molar-refractivity contribution in [2.24, 2.45) is 0 Å². The van der Waals surface area contributed by atoms with Gasteiger partial charge in [0.15, 0.2) is 0 Å². The summed E-state index contributed by atoms with van der Waals surface area (Å²) in [6, 6.07) is 22.0. The van der Waals surface area contributed by atoms with E-state index in [1.54, 1.807) is 36.1 Å². The number of amides is 2. The van der Waals surface area contributed by atoms with Crippen molar-refractivity contribution in [3.05, 3.63) is 95.3 Å². The van der Waals surface area contributed by atoms with Gasteiger partial charge in [0, 0.05) is 18.7 Å². The van der Waals surface area contributed by atoms with Crippen LogP contribution in [0, 0.1) is 12.7 Å². The van der Waals surface area contributed by atoms with Gasteiger partial charge >= 0.3 is 0 Å². The molecule has 4 rings (SSSR count). The van der Waals surface area contributed by atoms with Crippen molar-refractivity contribution < 1.29 is 14.0 Å². The van der Waals surface area contributed by atoms with Crippen LogP contribution in [-0.4, -0.2) is 35.1 Å². The predicted molar refractivity (Wildman–Crippen MR) is 121 cm³/mol. The topological polar surface area (TPSA) is 61.4 Å². The molecule has 1 fully saturated rings. The second-order valence-corrected chi connectivity index (χ2v) is 8.50. The summed E-state index contributed by atoms with van der Waals surface area (Å²) in [5, 5.41) is 0.148. The number of halogens is 1. The van der Waals surface area contributed by atoms with Crippen LogP contribution in [-0.2, 0) is 0 Å². The molecule has 1 aliphatic rings. The number of hydrogen-bond acceptors (Lipinski definition) is 4. The van der Waals surface area contributed by atoms with Crippen LogP contribution < -0.4 is 10.3 Å². The van der Waals surface area contributed by atoms with Crippen LogP contribution >= 0.6 is 11.9 Å². The van der Waals surface area contributed by atoms with Crippen LogP contribution in [0.4, 0.5) is 4.39 Å². The lowest BCUT2D eigenvalue weighted by molar-refractivity contribution is 0.0662. The van der Waals surface area contributed by atoms with Crippen LogP contribution in [0.5, 0.6) is 0 Å². The molecule has 2 N–H and O–H groups in total. The van der Waals surface area contributed by atoms with E-state index in [1.807, 2.05) is 48.5 Å². The second kappa shape index (κ2) is 9.32. The minimum Gasteiger partial charge on any atom is -0.336 e. The highest BCUT2D eigenvalue weighted by molar-refractivity contribution is 7.98. The average Bonchev–Trinajstić information content (AvgIpc) is 2.77. The maximum Gasteiger partial charge on any atom is 0.269 e. The Morgan fingerprint density at radius 1 is 0.968 bits per heavy atom. The summed E-state index contributed by atoms with van der Waals surface area (Å²) in [4.78, 5) is 29.5. The highest BCUT2D eigenvalue weighted by Gasteiger charge is 2.31. The van der Waals surface area contributed by atoms with Crippen molar-refractivity contribution in [3.8, 4) is 11.1 Å². The van der Waals surface area contributed by atoms with Crippen molar-refractivity contribution >= 4 is 23.8 Å². The second-order valence-electron chi connectivity index (χ2n) is 7.39. The Labute approximate surface area is 184 Å². The Morgan fingerprint density at radius 3 is 2.29 bits per heavy atom. The number of hydrogen-bond donors (Lipinski definition) is 2. The third-order valence-electron chi connectivity index (χ3n) is 5.15. The minimum atomic E-state index is -0.539. The van der Waals surface area contributed by atoms with Crippen LogP contribution in [0.15, 0.2) is 72.8 Å². The van der Waals surface area contributed by atoms with E-state index in [2.05, 4.69) is 10.3 Å². The SMILES string of the molecule is Cc1cc(-c2ccccc2)cc(C(=O)NNSC2CN(C(=O)c3ccccc3)C2)c1F. The van der Waals surface area contributed by atoms with Gasteiger partial charge in [0.1, 0.15) is 5.82 Å². The molecule has 0 aromatic heterocycles. The van der Waals surface area contributed by atoms with Gasteiger partial charge in [-0.25, -0.2) is 4.39 Å². The van der Waals surface area contributed by atoms with Crippen molar-refractivity contribution in [1.82, 2.24) is 15.2 Å². The maximum atomic E-state index is 14.6. The van der Waals surface area contributed by atoms with E-state index in [0.717, 1.165) is 11.1 Å². The van der Waals surface area contributed by atoms with E-state index in [9.17, 15) is 14.0 Å². The zero-order valence-electron chi connectivity index (χ0n) is 17.0. The normalized spacial score (nSPS) is 13.5. The predicted octanol–water partition coefficient (Wildman–Crippen LogP) is 4.21. The quantitative estimate of drug-likeness (QED) is 0.450. The van der Waals surface area contributed by atoms with Crippen LogP contribution in [0.2, 0.25) is 0 Å². The first-order chi connectivity index (χ1) is 15.0. The summed E-state index contributed by atoms with van der Waals surface area (Å²) in [6.07, 6.45) is 0. The van der Waals surface area contributed by atoms with Gasteiger partial charge in [-0.3, -0.25) is 15.0 Å². The molecule has 0 radical (unpaired) electrons. The van der Waals surface area contributed by atoms with Gasteiger partial charge in [-0.05, 0) is 47.9 Å². The van der Waals surface area contributed by atoms with Gasteiger partial charge in [0.25, 0.3) is 11.8 Å². The lowest BCUT2D eigenvalue weighted by Crippen LogP contribution is -2.53. The van der Waals surface area contributed by atoms with Crippen molar-refractivity contribution in [3.63, 3.8) is 0 Å². The number of carbonyl (C=O) groups excluding carboxylic acids is 2. The van der Waals surface area contributed by atoms with Gasteiger partial charge in [0.05, 0.1) is 10.8 Å². The Balaban J connectivity index is 1.31. The molecule has 1 heterocycles. The molecule has 3 aromatic carbocycles. The molecule has 0 aliphatic carbocycles. The average molecular weight is 436 g/mol. The molecule has 1 saturated heterocycles. The van der Waals surface area contributed by atoms with Crippen LogP contribution in [0.1, 0.15) is 26.3 Å². The van der Waals surface area contributed by atoms with Crippen LogP contribution in [0.25, 0.3) is 11.1 Å². The molecule has 158 valence electrons. The lowest BCUT2D eigenvalue weighted by atomic mass is 9.99. The van der Waals surface area contributed by atoms with E-state index < -0.39 is 11.7 Å². The van der Waals surface area contributed by atoms with Gasteiger partial charge in [-0.15, -0.1) is 0 Å². The first kappa shape index (κ1) is 21.1. The molecule has 0 unspecified atom stereocenters. The molecular formula is C24H22FN3O2S. The third kappa shape index (κ3) is 4.78. The summed E-state index contributed by atoms with van der Waals surface area (Å²) >= 11 is 1.31. The molecule has 5 nitrogen and oxygen atoms in total. The highest BCUT2D eigenvalue weighted by atomic mass is 32.2. The van der Waals surface area contributed by atoms with Gasteiger partial charge in [0.2, 0.25) is 0 Å². The van der Waals surface area contributed by atoms with Crippen molar-refractivity contribution in [2.75, 3.05) is 13.1 Å². The standard InChI is InChI=1S/C24H22FN3O2S/c1-16-12-19(17-8-4-2-5-9-17)13-21(22(16)25)23(29)26-27-31-20-14-28(15-20)24(30)18-10-6-3-7-11-18/h2-13,20,27H,14-15H2,1H3,(H,26,29). The minimum absolute atomic E-state index is 0.00300. The van der Waals surface area contributed by atoms with Crippen molar-refractivity contribution in [1.29, 1.82) is 0 Å². The molecule has 31 heavy (non-hydrogen) atoms. The molecule has 1 aliphatic heterocycles. The Bertz CT molecular complexity index is 1090. The molecule has 7 heteroatoms. The molecule has 3 aromatic rings. The molecule has 2 amide bonds. The zero-order chi connectivity index (χ0) is 21.8. The Morgan fingerprint density at radius 2 is 1.61 bits per heavy atom. The maximum absolute atomic E-state index is 14.6. The fraction of sp³-hybridized carbons (Fsp3) is 0.167. The Hall–Kier alpha value is -3.16. The number of carbonyl (C=O) groups is 2. The van der Waals surface area contributed by atoms with E-state index >= 15 is 0 Å². The summed E-state index contributed by atoms with van der Waals surface area (Å²) in [6.45, 7) is 2.81. The number of nitrogens with one attached hydrogen (secondary N) is 2. The number of rotatable bonds is 6. The Kier molecular flexibility index (Phi) is 6.34. The van der Waals surface area contributed by atoms with E-state index in [1.165, 1.54) is 11.9 Å². The van der Waals surface area contributed by atoms with Crippen molar-refractivity contribution in [2.45, 2.75) is 12.2 Å². The van der Waals surface area contributed by atoms with Gasteiger partial charge in [-0.2, -0.15) is 4.83 Å². The third-order valence-corrected chi connectivity index (χ3v) is 6.00. The van der Waals surface area contributed by atoms with E-state index in [4.69, 9.17) is 0 Å². The molecular weight excluding hydrogens is 413 g/mol. The largest absolute Gasteiger partial charge is 0.336 e. The van der Waals surface area contributed by atoms with Gasteiger partial charge in [-0.1, -0.05) is 60.5 Å². The smallest absolute Gasteiger partial charge is 0.269 e. The number of nitrogens with zero attached hydrogens (tertiary/aromatic N) is 1. The zero-order valence-corrected chi connectivity index (χ0v) is 17.8. The first-order valence-corrected chi connectivity index (χ1v) is 10.8. The number of aryl methyl sites for hydroxylation is 1. The summed E-state index contributed by atoms with van der Waals surface area (Å²) < 4.78 is 14.6. The fourth-order valence-corrected chi connectivity index (χ4v) is 4.23. The van der Waals surface area contributed by atoms with Gasteiger partial charge < -0.3 is 4.90 Å². The summed E-state index contributed by atoms with van der Waals surface area (Å²) in [7, 11) is 0. The van der Waals surface area contributed by atoms with E-state index in [-0.39, 0.29) is 16.7 Å². The first-order valence-electron chi connectivity index (χ1n) is 9.94. The fourth-order valence-electron chi connectivity index (χ4n) is 3.40. The summed E-state index contributed by atoms with van der Waals surface area (Å²) in [5.74, 6) is -1.08. The molecule has 0 spiro atoms. The molecule has 0 atom stereocenters. The molecule has 0 bridgehead atoms. The van der Waals surface area contributed by atoms with E-state index in [0.29, 0.717) is 24.2 Å².